The largest absolute Gasteiger partial charge is 0.390 e. The Morgan fingerprint density at radius 2 is 2.00 bits per heavy atom. The number of ether oxygens (including phenoxy) is 1. The molecule has 128 valence electrons. The Morgan fingerprint density at radius 3 is 2.65 bits per heavy atom. The van der Waals surface area contributed by atoms with E-state index in [0.29, 0.717) is 19.1 Å². The maximum atomic E-state index is 14.1. The third-order valence-electron chi connectivity index (χ3n) is 4.86. The number of hydrogen-bond acceptors (Lipinski definition) is 4. The average Bonchev–Trinajstić information content (AvgIpc) is 3.38. The van der Waals surface area contributed by atoms with Gasteiger partial charge < -0.3 is 9.84 Å². The van der Waals surface area contributed by atoms with E-state index >= 15 is 0 Å². The first-order valence-electron chi connectivity index (χ1n) is 8.63. The maximum Gasteiger partial charge on any atom is 0.127 e. The summed E-state index contributed by atoms with van der Waals surface area (Å²) >= 11 is 0. The summed E-state index contributed by atoms with van der Waals surface area (Å²) in [5.41, 5.74) is 0.720. The zero-order valence-electron chi connectivity index (χ0n) is 13.8. The highest BCUT2D eigenvalue weighted by molar-refractivity contribution is 5.21. The third kappa shape index (κ3) is 4.51. The van der Waals surface area contributed by atoms with Crippen LogP contribution in [0.4, 0.5) is 4.39 Å². The lowest BCUT2D eigenvalue weighted by atomic mass is 10.1. The first-order valence-corrected chi connectivity index (χ1v) is 8.63. The summed E-state index contributed by atoms with van der Waals surface area (Å²) in [6.07, 6.45) is 1.87. The van der Waals surface area contributed by atoms with Crippen LogP contribution in [-0.2, 0) is 4.74 Å². The van der Waals surface area contributed by atoms with Crippen molar-refractivity contribution in [3.63, 3.8) is 0 Å². The fourth-order valence-electron chi connectivity index (χ4n) is 3.41. The zero-order chi connectivity index (χ0) is 16.2. The van der Waals surface area contributed by atoms with Gasteiger partial charge >= 0.3 is 0 Å². The van der Waals surface area contributed by atoms with Gasteiger partial charge in [0.15, 0.2) is 0 Å². The molecule has 1 saturated carbocycles. The molecule has 0 amide bonds. The van der Waals surface area contributed by atoms with Gasteiger partial charge in [-0.2, -0.15) is 0 Å². The van der Waals surface area contributed by atoms with E-state index in [4.69, 9.17) is 4.74 Å². The van der Waals surface area contributed by atoms with Crippen LogP contribution in [0, 0.1) is 5.82 Å². The molecule has 3 rings (SSSR count). The maximum absolute atomic E-state index is 14.1. The molecule has 23 heavy (non-hydrogen) atoms. The Bertz CT molecular complexity index is 504. The van der Waals surface area contributed by atoms with E-state index in [0.717, 1.165) is 44.7 Å². The van der Waals surface area contributed by atoms with Crippen molar-refractivity contribution in [3.05, 3.63) is 35.6 Å². The minimum absolute atomic E-state index is 0.0111. The highest BCUT2D eigenvalue weighted by Crippen LogP contribution is 2.35. The third-order valence-corrected chi connectivity index (χ3v) is 4.86. The quantitative estimate of drug-likeness (QED) is 0.833. The van der Waals surface area contributed by atoms with Gasteiger partial charge in [-0.15, -0.1) is 0 Å². The van der Waals surface area contributed by atoms with Crippen LogP contribution in [0.15, 0.2) is 24.3 Å². The first kappa shape index (κ1) is 16.8. The Kier molecular flexibility index (Phi) is 5.64. The predicted molar refractivity (Wildman–Crippen MR) is 87.8 cm³/mol. The van der Waals surface area contributed by atoms with Gasteiger partial charge in [0.05, 0.1) is 19.3 Å². The molecule has 1 N–H and O–H groups in total. The molecular weight excluding hydrogens is 295 g/mol. The van der Waals surface area contributed by atoms with E-state index in [1.807, 2.05) is 19.1 Å². The molecule has 0 spiro atoms. The van der Waals surface area contributed by atoms with Crippen molar-refractivity contribution < 1.29 is 14.2 Å². The molecule has 0 bridgehead atoms. The second kappa shape index (κ2) is 7.71. The van der Waals surface area contributed by atoms with Gasteiger partial charge in [-0.1, -0.05) is 18.2 Å². The van der Waals surface area contributed by atoms with Gasteiger partial charge in [-0.05, 0) is 25.8 Å². The number of aliphatic hydroxyl groups is 1. The topological polar surface area (TPSA) is 35.9 Å². The minimum atomic E-state index is -0.414. The van der Waals surface area contributed by atoms with Crippen LogP contribution in [0.1, 0.15) is 31.4 Å². The van der Waals surface area contributed by atoms with Gasteiger partial charge in [0, 0.05) is 43.8 Å². The average molecular weight is 322 g/mol. The number of morpholine rings is 1. The van der Waals surface area contributed by atoms with Crippen LogP contribution in [0.3, 0.4) is 0 Å². The van der Waals surface area contributed by atoms with E-state index in [-0.39, 0.29) is 11.9 Å². The summed E-state index contributed by atoms with van der Waals surface area (Å²) in [6, 6.07) is 7.43. The molecule has 2 aliphatic rings. The fraction of sp³-hybridized carbons (Fsp3) is 0.667. The molecule has 1 aromatic carbocycles. The van der Waals surface area contributed by atoms with Crippen molar-refractivity contribution in [2.24, 2.45) is 0 Å². The lowest BCUT2D eigenvalue weighted by Gasteiger charge is -2.34. The standard InChI is InChI=1S/C18H27FN2O2/c1-14(17-4-2-3-5-18(17)19)21(15-6-7-15)13-16(22)12-20-8-10-23-11-9-20/h2-5,14-16,22H,6-13H2,1H3. The molecule has 2 atom stereocenters. The van der Waals surface area contributed by atoms with Crippen molar-refractivity contribution in [2.45, 2.75) is 38.0 Å². The fourth-order valence-corrected chi connectivity index (χ4v) is 3.41. The van der Waals surface area contributed by atoms with Crippen molar-refractivity contribution in [1.82, 2.24) is 9.80 Å². The number of rotatable bonds is 7. The highest BCUT2D eigenvalue weighted by atomic mass is 19.1. The second-order valence-electron chi connectivity index (χ2n) is 6.69. The van der Waals surface area contributed by atoms with Crippen molar-refractivity contribution in [3.8, 4) is 0 Å². The number of nitrogens with zero attached hydrogens (tertiary/aromatic N) is 2. The molecule has 2 unspecified atom stereocenters. The molecule has 4 nitrogen and oxygen atoms in total. The van der Waals surface area contributed by atoms with E-state index in [1.165, 1.54) is 6.07 Å². The SMILES string of the molecule is CC(c1ccccc1F)N(CC(O)CN1CCOCC1)C1CC1. The minimum Gasteiger partial charge on any atom is -0.390 e. The summed E-state index contributed by atoms with van der Waals surface area (Å²) < 4.78 is 19.4. The molecule has 0 radical (unpaired) electrons. The van der Waals surface area contributed by atoms with E-state index in [2.05, 4.69) is 9.80 Å². The summed E-state index contributed by atoms with van der Waals surface area (Å²) in [5, 5.41) is 10.5. The van der Waals surface area contributed by atoms with Gasteiger partial charge in [-0.25, -0.2) is 4.39 Å². The zero-order valence-corrected chi connectivity index (χ0v) is 13.8. The predicted octanol–water partition coefficient (Wildman–Crippen LogP) is 2.04. The van der Waals surface area contributed by atoms with Crippen LogP contribution in [-0.4, -0.2) is 66.4 Å². The Hall–Kier alpha value is -1.01. The lowest BCUT2D eigenvalue weighted by molar-refractivity contribution is 0.00234. The van der Waals surface area contributed by atoms with Gasteiger partial charge in [-0.3, -0.25) is 9.80 Å². The molecule has 5 heteroatoms. The molecule has 1 aromatic rings. The summed E-state index contributed by atoms with van der Waals surface area (Å²) in [4.78, 5) is 4.51. The van der Waals surface area contributed by atoms with E-state index in [1.54, 1.807) is 6.07 Å². The van der Waals surface area contributed by atoms with Crippen LogP contribution < -0.4 is 0 Å². The molecule has 1 aliphatic heterocycles. The first-order chi connectivity index (χ1) is 11.1. The van der Waals surface area contributed by atoms with Crippen LogP contribution in [0.25, 0.3) is 0 Å². The second-order valence-corrected chi connectivity index (χ2v) is 6.69. The molecular formula is C18H27FN2O2. The Balaban J connectivity index is 1.61. The molecule has 1 saturated heterocycles. The summed E-state index contributed by atoms with van der Waals surface area (Å²) in [6.45, 7) is 6.54. The molecule has 0 aromatic heterocycles. The number of halogens is 1. The van der Waals surface area contributed by atoms with Gasteiger partial charge in [0.25, 0.3) is 0 Å². The van der Waals surface area contributed by atoms with Crippen molar-refractivity contribution in [2.75, 3.05) is 39.4 Å². The monoisotopic (exact) mass is 322 g/mol. The van der Waals surface area contributed by atoms with Gasteiger partial charge in [0.1, 0.15) is 5.82 Å². The molecule has 2 fully saturated rings. The highest BCUT2D eigenvalue weighted by Gasteiger charge is 2.35. The number of aliphatic hydroxyl groups excluding tert-OH is 1. The van der Waals surface area contributed by atoms with Crippen LogP contribution in [0.2, 0.25) is 0 Å². The Labute approximate surface area is 137 Å². The number of benzene rings is 1. The molecule has 1 aliphatic carbocycles. The smallest absolute Gasteiger partial charge is 0.127 e. The summed E-state index contributed by atoms with van der Waals surface area (Å²) in [5.74, 6) is -0.159. The molecule has 1 heterocycles. The van der Waals surface area contributed by atoms with Gasteiger partial charge in [0.2, 0.25) is 0 Å². The summed E-state index contributed by atoms with van der Waals surface area (Å²) in [7, 11) is 0. The Morgan fingerprint density at radius 1 is 1.30 bits per heavy atom. The number of hydrogen-bond donors (Lipinski definition) is 1. The van der Waals surface area contributed by atoms with Crippen LogP contribution in [0.5, 0.6) is 0 Å². The van der Waals surface area contributed by atoms with E-state index in [9.17, 15) is 9.50 Å². The van der Waals surface area contributed by atoms with Crippen LogP contribution >= 0.6 is 0 Å². The van der Waals surface area contributed by atoms with Crippen molar-refractivity contribution in [1.29, 1.82) is 0 Å². The van der Waals surface area contributed by atoms with E-state index < -0.39 is 6.10 Å². The van der Waals surface area contributed by atoms with Crippen molar-refractivity contribution >= 4 is 0 Å². The number of β-amino-alcohol motifs (C(OH)–C–C–N with tert-alkyl or cyclic N) is 1. The normalized spacial score (nSPS) is 22.3. The lowest BCUT2D eigenvalue weighted by Crippen LogP contribution is -2.45.